The molecule has 1 aromatic heterocycles. The van der Waals surface area contributed by atoms with Crippen LogP contribution in [0.1, 0.15) is 34.6 Å². The van der Waals surface area contributed by atoms with E-state index < -0.39 is 0 Å². The number of rotatable bonds is 5. The van der Waals surface area contributed by atoms with Crippen molar-refractivity contribution in [2.75, 3.05) is 18.4 Å². The van der Waals surface area contributed by atoms with Crippen molar-refractivity contribution in [1.29, 1.82) is 0 Å². The van der Waals surface area contributed by atoms with Gasteiger partial charge < -0.3 is 10.2 Å². The van der Waals surface area contributed by atoms with Gasteiger partial charge in [0.2, 0.25) is 0 Å². The summed E-state index contributed by atoms with van der Waals surface area (Å²) in [7, 11) is 0. The van der Waals surface area contributed by atoms with Crippen LogP contribution in [0.4, 0.5) is 5.69 Å². The predicted molar refractivity (Wildman–Crippen MR) is 90.9 cm³/mol. The van der Waals surface area contributed by atoms with Crippen LogP contribution in [0.15, 0.2) is 42.6 Å². The Hall–Kier alpha value is -2.40. The first-order valence-electron chi connectivity index (χ1n) is 7.37. The van der Waals surface area contributed by atoms with E-state index in [1.807, 2.05) is 13.8 Å². The number of nitrogens with one attached hydrogen (secondary N) is 1. The van der Waals surface area contributed by atoms with Gasteiger partial charge in [0.05, 0.1) is 5.56 Å². The number of anilines is 1. The van der Waals surface area contributed by atoms with Crippen LogP contribution < -0.4 is 5.32 Å². The van der Waals surface area contributed by atoms with Gasteiger partial charge in [0.1, 0.15) is 5.15 Å². The van der Waals surface area contributed by atoms with Gasteiger partial charge in [-0.3, -0.25) is 9.59 Å². The summed E-state index contributed by atoms with van der Waals surface area (Å²) in [5.41, 5.74) is 1.50. The van der Waals surface area contributed by atoms with Crippen molar-refractivity contribution in [2.24, 2.45) is 0 Å². The summed E-state index contributed by atoms with van der Waals surface area (Å²) in [4.78, 5) is 30.1. The maximum absolute atomic E-state index is 12.3. The van der Waals surface area contributed by atoms with Gasteiger partial charge in [-0.1, -0.05) is 17.7 Å². The number of aromatic nitrogens is 1. The molecule has 0 aliphatic carbocycles. The van der Waals surface area contributed by atoms with Crippen LogP contribution in [0.2, 0.25) is 5.15 Å². The summed E-state index contributed by atoms with van der Waals surface area (Å²) < 4.78 is 0. The first kappa shape index (κ1) is 17.0. The van der Waals surface area contributed by atoms with Crippen molar-refractivity contribution in [3.05, 3.63) is 58.9 Å². The van der Waals surface area contributed by atoms with E-state index in [1.165, 1.54) is 6.20 Å². The lowest BCUT2D eigenvalue weighted by atomic mass is 10.1. The second-order valence-corrected chi connectivity index (χ2v) is 5.27. The first-order chi connectivity index (χ1) is 11.0. The van der Waals surface area contributed by atoms with Crippen molar-refractivity contribution in [2.45, 2.75) is 13.8 Å². The molecule has 1 aromatic carbocycles. The summed E-state index contributed by atoms with van der Waals surface area (Å²) in [6, 6.07) is 10.0. The van der Waals surface area contributed by atoms with Crippen LogP contribution in [0, 0.1) is 0 Å². The lowest BCUT2D eigenvalue weighted by Gasteiger charge is -2.19. The fourth-order valence-electron chi connectivity index (χ4n) is 2.14. The van der Waals surface area contributed by atoms with Crippen LogP contribution >= 0.6 is 11.6 Å². The molecule has 2 aromatic rings. The van der Waals surface area contributed by atoms with Gasteiger partial charge in [-0.15, -0.1) is 0 Å². The Balaban J connectivity index is 2.15. The minimum absolute atomic E-state index is 0.0562. The highest BCUT2D eigenvalue weighted by Crippen LogP contribution is 2.14. The molecule has 6 heteroatoms. The van der Waals surface area contributed by atoms with Gasteiger partial charge >= 0.3 is 0 Å². The molecule has 0 unspecified atom stereocenters. The molecular formula is C17H18ClN3O2. The first-order valence-corrected chi connectivity index (χ1v) is 7.75. The fourth-order valence-corrected chi connectivity index (χ4v) is 2.25. The highest BCUT2D eigenvalue weighted by molar-refractivity contribution is 6.29. The molecule has 5 nitrogen and oxygen atoms in total. The molecule has 0 bridgehead atoms. The van der Waals surface area contributed by atoms with E-state index in [9.17, 15) is 9.59 Å². The molecule has 2 rings (SSSR count). The summed E-state index contributed by atoms with van der Waals surface area (Å²) >= 11 is 5.70. The molecule has 0 saturated carbocycles. The lowest BCUT2D eigenvalue weighted by Crippen LogP contribution is -2.30. The Labute approximate surface area is 140 Å². The van der Waals surface area contributed by atoms with Crippen LogP contribution in [-0.2, 0) is 0 Å². The monoisotopic (exact) mass is 331 g/mol. The number of nitrogens with zero attached hydrogens (tertiary/aromatic N) is 2. The SMILES string of the molecule is CCN(CC)C(=O)c1cccc(NC(=O)c2ccc(Cl)nc2)c1. The number of carbonyl (C=O) groups excluding carboxylic acids is 2. The molecule has 1 N–H and O–H groups in total. The van der Waals surface area contributed by atoms with E-state index >= 15 is 0 Å². The molecule has 2 amide bonds. The van der Waals surface area contributed by atoms with E-state index in [1.54, 1.807) is 41.3 Å². The normalized spacial score (nSPS) is 10.2. The Morgan fingerprint density at radius 1 is 1.13 bits per heavy atom. The smallest absolute Gasteiger partial charge is 0.257 e. The predicted octanol–water partition coefficient (Wildman–Crippen LogP) is 3.47. The maximum Gasteiger partial charge on any atom is 0.257 e. The quantitative estimate of drug-likeness (QED) is 0.853. The van der Waals surface area contributed by atoms with Crippen LogP contribution in [0.5, 0.6) is 0 Å². The molecular weight excluding hydrogens is 314 g/mol. The van der Waals surface area contributed by atoms with Gasteiger partial charge in [0.25, 0.3) is 11.8 Å². The molecule has 1 heterocycles. The minimum atomic E-state index is -0.304. The van der Waals surface area contributed by atoms with Crippen LogP contribution in [0.3, 0.4) is 0 Å². The largest absolute Gasteiger partial charge is 0.339 e. The van der Waals surface area contributed by atoms with Crippen LogP contribution in [0.25, 0.3) is 0 Å². The number of carbonyl (C=O) groups is 2. The zero-order valence-corrected chi connectivity index (χ0v) is 13.8. The Morgan fingerprint density at radius 2 is 1.87 bits per heavy atom. The van der Waals surface area contributed by atoms with Gasteiger partial charge in [-0.05, 0) is 44.2 Å². The Kier molecular flexibility index (Phi) is 5.71. The molecule has 0 aliphatic heterocycles. The number of hydrogen-bond donors (Lipinski definition) is 1. The van der Waals surface area contributed by atoms with Crippen molar-refractivity contribution in [3.63, 3.8) is 0 Å². The molecule has 0 aliphatic rings. The number of hydrogen-bond acceptors (Lipinski definition) is 3. The fraction of sp³-hybridized carbons (Fsp3) is 0.235. The molecule has 0 fully saturated rings. The van der Waals surface area contributed by atoms with E-state index in [4.69, 9.17) is 11.6 Å². The van der Waals surface area contributed by atoms with Gasteiger partial charge in [0, 0.05) is 30.5 Å². The summed E-state index contributed by atoms with van der Waals surface area (Å²) in [6.45, 7) is 5.14. The van der Waals surface area contributed by atoms with E-state index in [-0.39, 0.29) is 11.8 Å². The molecule has 0 radical (unpaired) electrons. The topological polar surface area (TPSA) is 62.3 Å². The zero-order valence-electron chi connectivity index (χ0n) is 13.0. The number of pyridine rings is 1. The second kappa shape index (κ2) is 7.74. The number of benzene rings is 1. The molecule has 23 heavy (non-hydrogen) atoms. The van der Waals surface area contributed by atoms with Crippen LogP contribution in [-0.4, -0.2) is 34.8 Å². The third-order valence-electron chi connectivity index (χ3n) is 3.41. The average molecular weight is 332 g/mol. The van der Waals surface area contributed by atoms with Crippen molar-refractivity contribution in [3.8, 4) is 0 Å². The van der Waals surface area contributed by atoms with E-state index in [2.05, 4.69) is 10.3 Å². The highest BCUT2D eigenvalue weighted by atomic mass is 35.5. The summed E-state index contributed by atoms with van der Waals surface area (Å²) in [5, 5.41) is 3.08. The average Bonchev–Trinajstić information content (AvgIpc) is 2.56. The Bertz CT molecular complexity index is 697. The van der Waals surface area contributed by atoms with Gasteiger partial charge in [-0.25, -0.2) is 4.98 Å². The summed E-state index contributed by atoms with van der Waals surface area (Å²) in [5.74, 6) is -0.360. The number of amides is 2. The number of halogens is 1. The lowest BCUT2D eigenvalue weighted by molar-refractivity contribution is 0.0772. The van der Waals surface area contributed by atoms with Crippen molar-refractivity contribution in [1.82, 2.24) is 9.88 Å². The molecule has 0 atom stereocenters. The standard InChI is InChI=1S/C17H18ClN3O2/c1-3-21(4-2)17(23)12-6-5-7-14(10-12)20-16(22)13-8-9-15(18)19-11-13/h5-11H,3-4H2,1-2H3,(H,20,22). The Morgan fingerprint density at radius 3 is 2.48 bits per heavy atom. The summed E-state index contributed by atoms with van der Waals surface area (Å²) in [6.07, 6.45) is 1.41. The van der Waals surface area contributed by atoms with Gasteiger partial charge in [0.15, 0.2) is 0 Å². The molecule has 0 spiro atoms. The van der Waals surface area contributed by atoms with E-state index in [0.717, 1.165) is 0 Å². The van der Waals surface area contributed by atoms with E-state index in [0.29, 0.717) is 35.1 Å². The van der Waals surface area contributed by atoms with Gasteiger partial charge in [-0.2, -0.15) is 0 Å². The van der Waals surface area contributed by atoms with Crippen molar-refractivity contribution < 1.29 is 9.59 Å². The van der Waals surface area contributed by atoms with Crippen molar-refractivity contribution >= 4 is 29.1 Å². The minimum Gasteiger partial charge on any atom is -0.339 e. The third kappa shape index (κ3) is 4.29. The highest BCUT2D eigenvalue weighted by Gasteiger charge is 2.13. The molecule has 120 valence electrons. The molecule has 0 saturated heterocycles. The second-order valence-electron chi connectivity index (χ2n) is 4.88. The third-order valence-corrected chi connectivity index (χ3v) is 3.63. The zero-order chi connectivity index (χ0) is 16.8. The maximum atomic E-state index is 12.3.